The Kier molecular flexibility index (Phi) is 34.0. The number of pyridine rings is 2. The third-order valence-corrected chi connectivity index (χ3v) is 15.7. The summed E-state index contributed by atoms with van der Waals surface area (Å²) in [5.74, 6) is 3.15. The van der Waals surface area contributed by atoms with Crippen molar-refractivity contribution < 1.29 is 107 Å². The number of benzene rings is 7. The van der Waals surface area contributed by atoms with Gasteiger partial charge in [0, 0.05) is 84.6 Å². The Labute approximate surface area is 657 Å². The van der Waals surface area contributed by atoms with Crippen LogP contribution in [0.25, 0.3) is 54.2 Å². The fourth-order valence-electron chi connectivity index (χ4n) is 11.1. The Balaban J connectivity index is 0.000000277. The van der Waals surface area contributed by atoms with Gasteiger partial charge in [-0.15, -0.1) is 0 Å². The Hall–Kier alpha value is -11.4. The van der Waals surface area contributed by atoms with E-state index in [4.69, 9.17) is 68.4 Å². The van der Waals surface area contributed by atoms with Crippen LogP contribution in [0.1, 0.15) is 49.9 Å². The summed E-state index contributed by atoms with van der Waals surface area (Å²) in [5.41, 5.74) is 4.15. The van der Waals surface area contributed by atoms with Crippen LogP contribution in [-0.4, -0.2) is 115 Å². The van der Waals surface area contributed by atoms with Crippen molar-refractivity contribution in [3.63, 3.8) is 0 Å². The molecule has 24 rings (SSSR count). The molecular weight excluding hydrogens is 1590 g/mol. The quantitative estimate of drug-likeness (QED) is 0.0775. The van der Waals surface area contributed by atoms with E-state index in [1.165, 1.54) is 49.0 Å². The minimum absolute atomic E-state index is 0.0974. The molecule has 0 unspecified atom stereocenters. The molecule has 620 valence electrons. The number of hydrogen-bond donors (Lipinski definition) is 0. The van der Waals surface area contributed by atoms with Gasteiger partial charge < -0.3 is 47.4 Å². The molecule has 4 aromatic heterocycles. The maximum Gasteiger partial charge on any atom is 0.261 e. The summed E-state index contributed by atoms with van der Waals surface area (Å²) in [6.07, 6.45) is 8.23. The van der Waals surface area contributed by atoms with E-state index in [1.54, 1.807) is 24.3 Å². The molecule has 36 heteroatoms. The molecule has 0 spiro atoms. The molecule has 11 aromatic rings. The zero-order valence-corrected chi connectivity index (χ0v) is 65.0. The van der Waals surface area contributed by atoms with Gasteiger partial charge in [-0.1, -0.05) is 97.1 Å². The molecule has 22 bridgehead atoms. The van der Waals surface area contributed by atoms with E-state index in [9.17, 15) is 69.5 Å². The van der Waals surface area contributed by atoms with Gasteiger partial charge in [0.25, 0.3) is 22.2 Å². The molecule has 17 heterocycles. The van der Waals surface area contributed by atoms with Gasteiger partial charge in [-0.25, -0.2) is 9.13 Å². The zero-order chi connectivity index (χ0) is 85.1. The summed E-state index contributed by atoms with van der Waals surface area (Å²) in [6.45, 7) is 14.7. The molecule has 0 amide bonds. The van der Waals surface area contributed by atoms with Gasteiger partial charge in [-0.3, -0.25) is 28.3 Å². The maximum absolute atomic E-state index is 13.4. The standard InChI is InChI=1S/C36H26N4O4.C36H44O10.4C2H3N.2F6P/c41-33-29-17-31-32-18-30(29)34(42)39(33)21-25-5-1-23(2-6-25)19-37-13-9-27(10-14-37)28-11-15-38(16-12-28)20-24-3-7-26(8-4-24)22-40(35(31)43)36(32)44;1-5-29-30-6-2-10-34(29)44-26-22-40-18-14-38-16-20-42-24-28-46-36-12-4-7-31-32(36)8-3-11-35(31)45-27-23-41-19-15-37-13-17-39-21-25-43-33(30)9-1;4*1-2-3;2*1-7(2,3,4,5)6/h1-18H,19-22H2;1-12H,13-28H2;4*1H3;;/q+2;;;;;;2*-1. The predicted molar refractivity (Wildman–Crippen MR) is 414 cm³/mol. The normalized spacial score (nSPS) is 15.2. The summed E-state index contributed by atoms with van der Waals surface area (Å²) in [7, 11) is -21.3. The number of nitriles is 4. The van der Waals surface area contributed by atoms with Crippen molar-refractivity contribution in [3.8, 4) is 58.4 Å². The smallest absolute Gasteiger partial charge is 0.261 e. The average Bonchev–Trinajstić information content (AvgIpc) is 1.60. The van der Waals surface area contributed by atoms with Crippen molar-refractivity contribution in [1.29, 1.82) is 21.0 Å². The average molecular weight is 1670 g/mol. The molecule has 0 aliphatic carbocycles. The molecular formula is C80H82F12N8O14P2. The van der Waals surface area contributed by atoms with Crippen molar-refractivity contribution in [2.45, 2.75) is 53.9 Å². The minimum atomic E-state index is -10.7. The van der Waals surface area contributed by atoms with Crippen molar-refractivity contribution in [2.24, 2.45) is 0 Å². The van der Waals surface area contributed by atoms with Crippen LogP contribution in [0.3, 0.4) is 0 Å². The monoisotopic (exact) mass is 1670 g/mol. The first kappa shape index (κ1) is 93.4. The van der Waals surface area contributed by atoms with E-state index >= 15 is 0 Å². The number of hydrogen-bond acceptors (Lipinski definition) is 18. The Morgan fingerprint density at radius 1 is 0.293 bits per heavy atom. The van der Waals surface area contributed by atoms with Gasteiger partial charge in [0.15, 0.2) is 37.9 Å². The topological polar surface area (TPSA) is 273 Å². The van der Waals surface area contributed by atoms with E-state index in [0.717, 1.165) is 77.9 Å². The number of ether oxygens (including phenoxy) is 10. The Bertz CT molecular complexity index is 4870. The Morgan fingerprint density at radius 3 is 0.690 bits per heavy atom. The van der Waals surface area contributed by atoms with E-state index in [2.05, 4.69) is 58.2 Å². The fraction of sp³-hybridized carbons (Fsp3) is 0.300. The molecule has 0 N–H and O–H groups in total. The van der Waals surface area contributed by atoms with Gasteiger partial charge in [0.05, 0.1) is 138 Å². The summed E-state index contributed by atoms with van der Waals surface area (Å²) >= 11 is 0. The van der Waals surface area contributed by atoms with Crippen LogP contribution < -0.4 is 50.3 Å². The van der Waals surface area contributed by atoms with Crippen LogP contribution in [-0.2, 0) is 54.6 Å². The summed E-state index contributed by atoms with van der Waals surface area (Å²) in [6, 6.07) is 57.6. The van der Waals surface area contributed by atoms with Crippen LogP contribution in [0.5, 0.6) is 23.0 Å². The molecule has 116 heavy (non-hydrogen) atoms. The number of rotatable bonds is 0. The van der Waals surface area contributed by atoms with Gasteiger partial charge in [-0.2, -0.15) is 21.0 Å². The van der Waals surface area contributed by atoms with Gasteiger partial charge in [-0.05, 0) is 58.7 Å². The summed E-state index contributed by atoms with van der Waals surface area (Å²) in [4.78, 5) is 53.4. The number of halogens is 12. The third-order valence-electron chi connectivity index (χ3n) is 15.7. The molecule has 7 aromatic carbocycles. The number of nitrogens with zero attached hydrogens (tertiary/aromatic N) is 8. The van der Waals surface area contributed by atoms with Gasteiger partial charge in [0.2, 0.25) is 0 Å². The molecule has 0 fully saturated rings. The van der Waals surface area contributed by atoms with Crippen molar-refractivity contribution in [3.05, 3.63) is 246 Å². The van der Waals surface area contributed by atoms with Crippen molar-refractivity contribution in [2.75, 3.05) is 106 Å². The second-order valence-corrected chi connectivity index (χ2v) is 28.4. The summed E-state index contributed by atoms with van der Waals surface area (Å²) in [5, 5.41) is 33.8. The van der Waals surface area contributed by atoms with E-state index < -0.39 is 37.9 Å². The van der Waals surface area contributed by atoms with E-state index in [1.807, 2.05) is 121 Å². The first-order valence-corrected chi connectivity index (χ1v) is 39.3. The second kappa shape index (κ2) is 42.3. The first-order valence-electron chi connectivity index (χ1n) is 35.3. The van der Waals surface area contributed by atoms with Crippen LogP contribution in [0.15, 0.2) is 202 Å². The predicted octanol–water partition coefficient (Wildman–Crippen LogP) is 16.9. The van der Waals surface area contributed by atoms with Gasteiger partial charge >= 0.3 is 66.0 Å². The molecule has 0 saturated heterocycles. The van der Waals surface area contributed by atoms with E-state index in [0.29, 0.717) is 119 Å². The molecule has 13 aliphatic rings. The minimum Gasteiger partial charge on any atom is -0.491 e. The van der Waals surface area contributed by atoms with Crippen molar-refractivity contribution >= 4 is 58.7 Å². The maximum atomic E-state index is 13.4. The van der Waals surface area contributed by atoms with Crippen LogP contribution in [0.4, 0.5) is 50.4 Å². The first-order chi connectivity index (χ1) is 54.9. The largest absolute Gasteiger partial charge is 0.491 e. The van der Waals surface area contributed by atoms with Crippen molar-refractivity contribution in [1.82, 2.24) is 9.13 Å². The zero-order valence-electron chi connectivity index (χ0n) is 63.2. The SMILES string of the molecule is CC#N.CC#N.CC#N.CC#N.F[P-](F)(F)(F)(F)F.F[P-](F)(F)(F)(F)F.O=c1c2cc3c(=O)n4c(=O)c3cc2c(=O)n1Cc1ccc(cc1)C[n+]1ccc(cc1)-c1cc[n+](cc1)Cc1ccc(cc1)C4.c1cc2c3cccc(c3c1)OCCOCCOCCOCCOc1cccc3c(cccc13)OCCOCCOCCOCCO2. The fourth-order valence-corrected chi connectivity index (χ4v) is 11.1. The van der Waals surface area contributed by atoms with E-state index in [-0.39, 0.29) is 34.6 Å². The molecule has 0 atom stereocenters. The molecule has 22 nitrogen and oxygen atoms in total. The second-order valence-electron chi connectivity index (χ2n) is 24.6. The molecule has 0 radical (unpaired) electrons. The van der Waals surface area contributed by atoms with Crippen LogP contribution >= 0.6 is 15.6 Å². The third kappa shape index (κ3) is 33.9. The summed E-state index contributed by atoms with van der Waals surface area (Å²) < 4.78 is 183. The molecule has 0 saturated carbocycles. The molecule has 13 aliphatic heterocycles. The van der Waals surface area contributed by atoms with Crippen LogP contribution in [0.2, 0.25) is 0 Å². The van der Waals surface area contributed by atoms with Gasteiger partial charge in [0.1, 0.15) is 49.4 Å². The number of aromatic nitrogens is 4. The Morgan fingerprint density at radius 2 is 0.483 bits per heavy atom. The van der Waals surface area contributed by atoms with Crippen LogP contribution in [0, 0.1) is 45.3 Å².